The molecule has 1 aromatic carbocycles. The van der Waals surface area contributed by atoms with Gasteiger partial charge in [-0.15, -0.1) is 0 Å². The molecule has 2 heterocycles. The predicted molar refractivity (Wildman–Crippen MR) is 75.2 cm³/mol. The molecule has 0 atom stereocenters. The number of pyridine rings is 1. The zero-order chi connectivity index (χ0) is 12.5. The van der Waals surface area contributed by atoms with E-state index in [0.29, 0.717) is 12.4 Å². The molecule has 0 radical (unpaired) electrons. The lowest BCUT2D eigenvalue weighted by Crippen LogP contribution is -2.03. The third kappa shape index (κ3) is 1.97. The highest BCUT2D eigenvalue weighted by Crippen LogP contribution is 2.20. The Balaban J connectivity index is 2.02. The molecule has 90 valence electrons. The van der Waals surface area contributed by atoms with Crippen LogP contribution in [0.1, 0.15) is 5.69 Å². The molecule has 0 saturated carbocycles. The van der Waals surface area contributed by atoms with E-state index in [1.165, 1.54) is 0 Å². The average Bonchev–Trinajstić information content (AvgIpc) is 2.70. The molecule has 2 aromatic heterocycles. The van der Waals surface area contributed by atoms with Crippen molar-refractivity contribution in [2.75, 3.05) is 5.73 Å². The van der Waals surface area contributed by atoms with E-state index in [1.54, 1.807) is 6.20 Å². The normalized spacial score (nSPS) is 10.9. The van der Waals surface area contributed by atoms with Gasteiger partial charge in [-0.3, -0.25) is 9.67 Å². The second-order valence-electron chi connectivity index (χ2n) is 4.03. The molecule has 3 aromatic rings. The van der Waals surface area contributed by atoms with Crippen molar-refractivity contribution in [1.29, 1.82) is 0 Å². The van der Waals surface area contributed by atoms with E-state index in [2.05, 4.69) is 26.0 Å². The minimum Gasteiger partial charge on any atom is -0.382 e. The van der Waals surface area contributed by atoms with Gasteiger partial charge in [-0.25, -0.2) is 0 Å². The van der Waals surface area contributed by atoms with Gasteiger partial charge in [0.1, 0.15) is 0 Å². The largest absolute Gasteiger partial charge is 0.382 e. The fourth-order valence-corrected chi connectivity index (χ4v) is 2.16. The summed E-state index contributed by atoms with van der Waals surface area (Å²) < 4.78 is 2.84. The molecule has 0 fully saturated rings. The lowest BCUT2D eigenvalue weighted by atomic mass is 10.2. The molecular formula is C13H11BrN4. The van der Waals surface area contributed by atoms with Crippen LogP contribution < -0.4 is 5.73 Å². The van der Waals surface area contributed by atoms with Crippen molar-refractivity contribution in [1.82, 2.24) is 14.8 Å². The van der Waals surface area contributed by atoms with Gasteiger partial charge in [0, 0.05) is 16.1 Å². The second kappa shape index (κ2) is 4.42. The Morgan fingerprint density at radius 2 is 2.00 bits per heavy atom. The zero-order valence-corrected chi connectivity index (χ0v) is 11.1. The van der Waals surface area contributed by atoms with Crippen LogP contribution in [0.4, 0.5) is 5.82 Å². The van der Waals surface area contributed by atoms with Crippen LogP contribution in [-0.2, 0) is 6.54 Å². The first-order valence-corrected chi connectivity index (χ1v) is 6.35. The van der Waals surface area contributed by atoms with Crippen molar-refractivity contribution in [2.45, 2.75) is 6.54 Å². The van der Waals surface area contributed by atoms with Crippen molar-refractivity contribution >= 4 is 32.7 Å². The number of fused-ring (bicyclic) bond motifs is 1. The van der Waals surface area contributed by atoms with Gasteiger partial charge in [0.05, 0.1) is 17.8 Å². The smallest absolute Gasteiger partial charge is 0.153 e. The summed E-state index contributed by atoms with van der Waals surface area (Å²) in [7, 11) is 0. The number of nitrogens with two attached hydrogens (primary N) is 1. The minimum atomic E-state index is 0.558. The molecule has 0 spiro atoms. The van der Waals surface area contributed by atoms with Crippen LogP contribution in [-0.4, -0.2) is 14.8 Å². The molecule has 3 rings (SSSR count). The first kappa shape index (κ1) is 11.2. The zero-order valence-electron chi connectivity index (χ0n) is 9.55. The summed E-state index contributed by atoms with van der Waals surface area (Å²) >= 11 is 3.37. The number of para-hydroxylation sites is 1. The number of hydrogen-bond donors (Lipinski definition) is 1. The summed E-state index contributed by atoms with van der Waals surface area (Å²) in [6.07, 6.45) is 1.78. The topological polar surface area (TPSA) is 56.7 Å². The van der Waals surface area contributed by atoms with E-state index < -0.39 is 0 Å². The highest BCUT2D eigenvalue weighted by Gasteiger charge is 2.07. The Hall–Kier alpha value is -1.88. The van der Waals surface area contributed by atoms with Crippen LogP contribution in [0.3, 0.4) is 0 Å². The summed E-state index contributed by atoms with van der Waals surface area (Å²) in [5.41, 5.74) is 7.87. The number of nitrogens with zero attached hydrogens (tertiary/aromatic N) is 3. The summed E-state index contributed by atoms with van der Waals surface area (Å²) in [4.78, 5) is 4.34. The van der Waals surface area contributed by atoms with Crippen LogP contribution >= 0.6 is 15.9 Å². The van der Waals surface area contributed by atoms with Crippen LogP contribution in [0, 0.1) is 0 Å². The van der Waals surface area contributed by atoms with Gasteiger partial charge < -0.3 is 5.73 Å². The first-order chi connectivity index (χ1) is 8.74. The van der Waals surface area contributed by atoms with Crippen molar-refractivity contribution in [3.8, 4) is 0 Å². The molecule has 0 saturated heterocycles. The molecule has 0 unspecified atom stereocenters. The summed E-state index contributed by atoms with van der Waals surface area (Å²) in [6.45, 7) is 0.616. The molecular weight excluding hydrogens is 292 g/mol. The predicted octanol–water partition coefficient (Wildman–Crippen LogP) is 2.82. The molecule has 0 bridgehead atoms. The lowest BCUT2D eigenvalue weighted by Gasteiger charge is -2.02. The lowest BCUT2D eigenvalue weighted by molar-refractivity contribution is 0.700. The summed E-state index contributed by atoms with van der Waals surface area (Å²) in [5.74, 6) is 0.558. The average molecular weight is 303 g/mol. The van der Waals surface area contributed by atoms with Gasteiger partial charge in [0.25, 0.3) is 0 Å². The maximum atomic E-state index is 5.89. The Labute approximate surface area is 113 Å². The summed E-state index contributed by atoms with van der Waals surface area (Å²) in [6, 6.07) is 11.9. The number of halogens is 1. The fourth-order valence-electron chi connectivity index (χ4n) is 1.93. The minimum absolute atomic E-state index is 0.558. The fraction of sp³-hybridized carbons (Fsp3) is 0.0769. The van der Waals surface area contributed by atoms with Crippen molar-refractivity contribution < 1.29 is 0 Å². The molecule has 0 aliphatic heterocycles. The Kier molecular flexibility index (Phi) is 2.76. The van der Waals surface area contributed by atoms with Crippen LogP contribution in [0.15, 0.2) is 47.1 Å². The monoisotopic (exact) mass is 302 g/mol. The second-order valence-corrected chi connectivity index (χ2v) is 4.94. The molecule has 2 N–H and O–H groups in total. The maximum absolute atomic E-state index is 5.89. The summed E-state index contributed by atoms with van der Waals surface area (Å²) in [5, 5.41) is 5.33. The van der Waals surface area contributed by atoms with E-state index in [-0.39, 0.29) is 0 Å². The van der Waals surface area contributed by atoms with E-state index in [1.807, 2.05) is 41.1 Å². The van der Waals surface area contributed by atoms with Gasteiger partial charge in [0.2, 0.25) is 0 Å². The standard InChI is InChI=1S/C13H11BrN4/c14-9-5-6-10(16-7-9)8-18-12-4-2-1-3-11(12)13(15)17-18/h1-7H,8H2,(H2,15,17). The van der Waals surface area contributed by atoms with Crippen molar-refractivity contribution in [3.63, 3.8) is 0 Å². The van der Waals surface area contributed by atoms with Crippen molar-refractivity contribution in [3.05, 3.63) is 52.8 Å². The molecule has 0 amide bonds. The highest BCUT2D eigenvalue weighted by atomic mass is 79.9. The number of aromatic nitrogens is 3. The molecule has 5 heteroatoms. The molecule has 0 aliphatic carbocycles. The quantitative estimate of drug-likeness (QED) is 0.792. The third-order valence-electron chi connectivity index (χ3n) is 2.79. The van der Waals surface area contributed by atoms with Gasteiger partial charge in [-0.05, 0) is 40.2 Å². The van der Waals surface area contributed by atoms with Gasteiger partial charge in [0.15, 0.2) is 5.82 Å². The van der Waals surface area contributed by atoms with Gasteiger partial charge >= 0.3 is 0 Å². The van der Waals surface area contributed by atoms with Crippen LogP contribution in [0.25, 0.3) is 10.9 Å². The van der Waals surface area contributed by atoms with Crippen LogP contribution in [0.2, 0.25) is 0 Å². The molecule has 0 aliphatic rings. The Morgan fingerprint density at radius 1 is 1.17 bits per heavy atom. The first-order valence-electron chi connectivity index (χ1n) is 5.55. The molecule has 4 nitrogen and oxygen atoms in total. The van der Waals surface area contributed by atoms with Gasteiger partial charge in [-0.1, -0.05) is 12.1 Å². The van der Waals surface area contributed by atoms with Gasteiger partial charge in [-0.2, -0.15) is 5.10 Å². The number of nitrogen functional groups attached to an aromatic ring is 1. The number of benzene rings is 1. The van der Waals surface area contributed by atoms with Crippen molar-refractivity contribution in [2.24, 2.45) is 0 Å². The number of anilines is 1. The Morgan fingerprint density at radius 3 is 2.78 bits per heavy atom. The van der Waals surface area contributed by atoms with E-state index in [0.717, 1.165) is 21.1 Å². The Bertz CT molecular complexity index is 688. The SMILES string of the molecule is Nc1nn(Cc2ccc(Br)cn2)c2ccccc12. The highest BCUT2D eigenvalue weighted by molar-refractivity contribution is 9.10. The molecule has 18 heavy (non-hydrogen) atoms. The van der Waals surface area contributed by atoms with Crippen LogP contribution in [0.5, 0.6) is 0 Å². The third-order valence-corrected chi connectivity index (χ3v) is 3.26. The number of hydrogen-bond acceptors (Lipinski definition) is 3. The van der Waals surface area contributed by atoms with E-state index in [4.69, 9.17) is 5.73 Å². The van der Waals surface area contributed by atoms with E-state index in [9.17, 15) is 0 Å². The van der Waals surface area contributed by atoms with E-state index >= 15 is 0 Å². The number of rotatable bonds is 2. The maximum Gasteiger partial charge on any atom is 0.153 e.